The lowest BCUT2D eigenvalue weighted by atomic mass is 9.72. The van der Waals surface area contributed by atoms with Gasteiger partial charge in [0.15, 0.2) is 28.2 Å². The van der Waals surface area contributed by atoms with E-state index in [0.717, 1.165) is 107 Å². The van der Waals surface area contributed by atoms with Gasteiger partial charge in [0, 0.05) is 23.6 Å². The quantitative estimate of drug-likeness (QED) is 0.109. The molecule has 0 aliphatic rings. The van der Waals surface area contributed by atoms with Crippen LogP contribution in [0.15, 0.2) is 200 Å². The maximum absolute atomic E-state index is 15.4. The van der Waals surface area contributed by atoms with Gasteiger partial charge in [-0.25, -0.2) is 19.9 Å². The van der Waals surface area contributed by atoms with Gasteiger partial charge in [0.1, 0.15) is 22.1 Å². The number of rotatable bonds is 8. The summed E-state index contributed by atoms with van der Waals surface area (Å²) in [6.07, 6.45) is -23.3. The molecule has 20 heteroatoms. The van der Waals surface area contributed by atoms with Crippen LogP contribution in [-0.2, 0) is 10.8 Å². The number of oxazole rings is 4. The van der Waals surface area contributed by atoms with Crippen LogP contribution in [0.2, 0.25) is 0 Å². The summed E-state index contributed by atoms with van der Waals surface area (Å²) in [5.41, 5.74) is -7.44. The Labute approximate surface area is 476 Å². The molecule has 4 aromatic heterocycles. The third-order valence-corrected chi connectivity index (χ3v) is 15.9. The van der Waals surface area contributed by atoms with E-state index in [9.17, 15) is 26.3 Å². The molecule has 86 heavy (non-hydrogen) atoms. The maximum Gasteiger partial charge on any atom is 0.411 e. The van der Waals surface area contributed by atoms with Crippen LogP contribution in [0.25, 0.3) is 122 Å². The minimum Gasteiger partial charge on any atom is -0.441 e. The molecule has 0 atom stereocenters. The van der Waals surface area contributed by atoms with Crippen molar-refractivity contribution in [2.24, 2.45) is 0 Å². The van der Waals surface area contributed by atoms with Crippen LogP contribution in [0.3, 0.4) is 0 Å². The summed E-state index contributed by atoms with van der Waals surface area (Å²) >= 11 is 0. The highest BCUT2D eigenvalue weighted by atomic mass is 19.4. The Balaban J connectivity index is 0.756. The lowest BCUT2D eigenvalue weighted by molar-refractivity contribution is -0.290. The fourth-order valence-electron chi connectivity index (χ4n) is 11.8. The molecular weight excluding hydrogens is 1140 g/mol. The topological polar surface area (TPSA) is 104 Å². The molecule has 0 aliphatic carbocycles. The highest BCUT2D eigenvalue weighted by Gasteiger charge is 2.73. The lowest BCUT2D eigenvalue weighted by Gasteiger charge is -2.38. The number of nitrogens with zero attached hydrogens (tertiary/aromatic N) is 4. The Morgan fingerprint density at radius 2 is 0.616 bits per heavy atom. The van der Waals surface area contributed by atoms with E-state index in [2.05, 4.69) is 19.9 Å². The van der Waals surface area contributed by atoms with Gasteiger partial charge in [0.05, 0.1) is 0 Å². The van der Waals surface area contributed by atoms with E-state index in [-0.39, 0.29) is 45.5 Å². The van der Waals surface area contributed by atoms with Gasteiger partial charge in [-0.05, 0) is 158 Å². The molecule has 8 nitrogen and oxygen atoms in total. The Morgan fingerprint density at radius 3 is 1.06 bits per heavy atom. The molecule has 0 aliphatic heterocycles. The van der Waals surface area contributed by atoms with Crippen molar-refractivity contribution in [1.29, 1.82) is 0 Å². The number of hydrogen-bond acceptors (Lipinski definition) is 8. The summed E-state index contributed by atoms with van der Waals surface area (Å²) in [6, 6.07) is 40.1. The first-order valence-corrected chi connectivity index (χ1v) is 26.3. The Morgan fingerprint density at radius 1 is 0.279 bits per heavy atom. The van der Waals surface area contributed by atoms with Gasteiger partial charge < -0.3 is 17.7 Å². The largest absolute Gasteiger partial charge is 0.441 e. The highest BCUT2D eigenvalue weighted by Crippen LogP contribution is 2.58. The highest BCUT2D eigenvalue weighted by molar-refractivity contribution is 6.20. The smallest absolute Gasteiger partial charge is 0.411 e. The molecule has 0 N–H and O–H groups in total. The third kappa shape index (κ3) is 8.30. The summed E-state index contributed by atoms with van der Waals surface area (Å²) in [7, 11) is 0. The second kappa shape index (κ2) is 18.8. The van der Waals surface area contributed by atoms with E-state index in [0.29, 0.717) is 66.2 Å². The van der Waals surface area contributed by atoms with Crippen molar-refractivity contribution in [3.63, 3.8) is 0 Å². The SMILES string of the molecule is Cc1ccc(C(c2ccc(-c3nc4cc5ccc6c7cc8nc(-c9ccc(C(c%10ccc(-c%11nc%12ccc(-c%13ccc%14nc(C)oc%14c%13)cc%12o%11)cc%10)(C(F)(F)F)C(F)(F)F)cc9)oc8cc7ccc6c5cc4o3)cc2)(C(F)(F)F)C(F)(F)F)cc1. The molecule has 0 amide bonds. The lowest BCUT2D eigenvalue weighted by Crippen LogP contribution is -2.54. The van der Waals surface area contributed by atoms with Gasteiger partial charge in [-0.3, -0.25) is 0 Å². The molecule has 0 saturated carbocycles. The molecular formula is C66H36F12N4O4. The average molecular weight is 1180 g/mol. The number of alkyl halides is 12. The normalized spacial score (nSPS) is 13.2. The van der Waals surface area contributed by atoms with E-state index in [1.165, 1.54) is 12.1 Å². The van der Waals surface area contributed by atoms with Crippen LogP contribution in [0, 0.1) is 13.8 Å². The zero-order valence-electron chi connectivity index (χ0n) is 44.3. The van der Waals surface area contributed by atoms with Gasteiger partial charge >= 0.3 is 24.7 Å². The van der Waals surface area contributed by atoms with Crippen molar-refractivity contribution in [2.75, 3.05) is 0 Å². The first-order valence-electron chi connectivity index (χ1n) is 26.3. The number of aromatic nitrogens is 4. The summed E-state index contributed by atoms with van der Waals surface area (Å²) in [5, 5.41) is 4.30. The van der Waals surface area contributed by atoms with Gasteiger partial charge in [-0.1, -0.05) is 103 Å². The zero-order valence-corrected chi connectivity index (χ0v) is 44.3. The summed E-state index contributed by atoms with van der Waals surface area (Å²) in [5.74, 6) is 0.348. The predicted molar refractivity (Wildman–Crippen MR) is 299 cm³/mol. The second-order valence-corrected chi connectivity index (χ2v) is 21.1. The Kier molecular flexibility index (Phi) is 11.8. The molecule has 14 rings (SSSR count). The van der Waals surface area contributed by atoms with E-state index < -0.39 is 57.8 Å². The molecule has 10 aromatic carbocycles. The average Bonchev–Trinajstić information content (AvgIpc) is 0.933. The maximum atomic E-state index is 15.4. The first kappa shape index (κ1) is 54.0. The van der Waals surface area contributed by atoms with E-state index in [1.807, 2.05) is 36.4 Å². The summed E-state index contributed by atoms with van der Waals surface area (Å²) < 4.78 is 205. The van der Waals surface area contributed by atoms with E-state index in [4.69, 9.17) is 17.7 Å². The molecule has 0 bridgehead atoms. The molecule has 0 radical (unpaired) electrons. The number of benzene rings is 10. The van der Waals surface area contributed by atoms with Crippen molar-refractivity contribution in [2.45, 2.75) is 49.4 Å². The standard InChI is InChI=1S/C66H36F12N4O4/c1-33-3-15-42(16-4-33)61(63(67,68)69,64(70,71)72)43-19-7-36(8-20-43)59-81-52-27-40-11-23-46-47(49(40)32-57(52)86-59)24-12-41-30-56-53(31-48(41)46)82-60(85-56)37-9-21-45(22-10-37)62(65(73,74)75,66(76,77)78)44-17-5-35(6-18-44)58-80-51-26-14-39(29-55(51)84-58)38-13-25-50-54(28-38)83-34(2)79-50/h3-32H,1-2H3. The molecule has 4 heterocycles. The van der Waals surface area contributed by atoms with Crippen molar-refractivity contribution >= 4 is 76.7 Å². The molecule has 0 saturated heterocycles. The zero-order chi connectivity index (χ0) is 60.0. The van der Waals surface area contributed by atoms with Crippen molar-refractivity contribution in [1.82, 2.24) is 19.9 Å². The fourth-order valence-corrected chi connectivity index (χ4v) is 11.8. The van der Waals surface area contributed by atoms with Crippen LogP contribution in [0.5, 0.6) is 0 Å². The number of hydrogen-bond donors (Lipinski definition) is 0. The molecule has 14 aromatic rings. The van der Waals surface area contributed by atoms with Gasteiger partial charge in [0.2, 0.25) is 28.5 Å². The first-order chi connectivity index (χ1) is 40.9. The van der Waals surface area contributed by atoms with Crippen molar-refractivity contribution < 1.29 is 70.4 Å². The van der Waals surface area contributed by atoms with Crippen LogP contribution in [0.4, 0.5) is 52.7 Å². The molecule has 0 spiro atoms. The van der Waals surface area contributed by atoms with Crippen LogP contribution >= 0.6 is 0 Å². The molecule has 0 fully saturated rings. The Bertz CT molecular complexity index is 4990. The minimum absolute atomic E-state index is 0.0234. The van der Waals surface area contributed by atoms with E-state index in [1.54, 1.807) is 62.4 Å². The number of halogens is 12. The number of fused-ring (bicyclic) bond motifs is 9. The minimum atomic E-state index is -5.88. The van der Waals surface area contributed by atoms with Gasteiger partial charge in [0.25, 0.3) is 0 Å². The van der Waals surface area contributed by atoms with Crippen LogP contribution in [-0.4, -0.2) is 44.6 Å². The van der Waals surface area contributed by atoms with E-state index >= 15 is 26.3 Å². The van der Waals surface area contributed by atoms with Gasteiger partial charge in [-0.2, -0.15) is 52.7 Å². The summed E-state index contributed by atoms with van der Waals surface area (Å²) in [6.45, 7) is 3.28. The second-order valence-electron chi connectivity index (χ2n) is 21.1. The third-order valence-electron chi connectivity index (χ3n) is 15.9. The fraction of sp³-hybridized carbons (Fsp3) is 0.121. The van der Waals surface area contributed by atoms with Crippen LogP contribution in [0.1, 0.15) is 33.7 Å². The summed E-state index contributed by atoms with van der Waals surface area (Å²) in [4.78, 5) is 17.9. The van der Waals surface area contributed by atoms with Crippen molar-refractivity contribution in [3.05, 3.63) is 216 Å². The molecule has 428 valence electrons. The van der Waals surface area contributed by atoms with Gasteiger partial charge in [-0.15, -0.1) is 0 Å². The van der Waals surface area contributed by atoms with Crippen molar-refractivity contribution in [3.8, 4) is 45.5 Å². The predicted octanol–water partition coefficient (Wildman–Crippen LogP) is 19.8. The Hall–Kier alpha value is -9.98. The van der Waals surface area contributed by atoms with Crippen LogP contribution < -0.4 is 0 Å². The monoisotopic (exact) mass is 1180 g/mol. The number of aryl methyl sites for hydroxylation is 2. The molecule has 0 unspecified atom stereocenters.